The van der Waals surface area contributed by atoms with E-state index in [4.69, 9.17) is 11.6 Å². The largest absolute Gasteiger partial charge is 0.417 e. The Morgan fingerprint density at radius 3 is 2.21 bits per heavy atom. The zero-order valence-electron chi connectivity index (χ0n) is 12.9. The van der Waals surface area contributed by atoms with Crippen LogP contribution in [-0.2, 0) is 22.7 Å². The Balaban J connectivity index is 2.41. The van der Waals surface area contributed by atoms with Gasteiger partial charge < -0.3 is 0 Å². The first kappa shape index (κ1) is 18.8. The van der Waals surface area contributed by atoms with E-state index in [0.717, 1.165) is 22.0 Å². The first-order valence-electron chi connectivity index (χ1n) is 6.90. The first-order chi connectivity index (χ1) is 11.0. The highest BCUT2D eigenvalue weighted by molar-refractivity contribution is 7.89. The van der Waals surface area contributed by atoms with Crippen molar-refractivity contribution in [3.8, 4) is 0 Å². The van der Waals surface area contributed by atoms with Crippen molar-refractivity contribution in [3.05, 3.63) is 64.2 Å². The van der Waals surface area contributed by atoms with Crippen LogP contribution in [0.4, 0.5) is 13.2 Å². The Morgan fingerprint density at radius 1 is 1.08 bits per heavy atom. The fourth-order valence-corrected chi connectivity index (χ4v) is 3.67. The van der Waals surface area contributed by atoms with Crippen LogP contribution < -0.4 is 0 Å². The maximum Gasteiger partial charge on any atom is 0.417 e. The molecule has 2 aromatic rings. The summed E-state index contributed by atoms with van der Waals surface area (Å²) in [6, 6.07) is 9.70. The second-order valence-corrected chi connectivity index (χ2v) is 7.83. The molecule has 2 rings (SSSR count). The number of alkyl halides is 3. The normalized spacial score (nSPS) is 12.6. The molecule has 0 saturated carbocycles. The van der Waals surface area contributed by atoms with Gasteiger partial charge in [0.1, 0.15) is 0 Å². The topological polar surface area (TPSA) is 37.4 Å². The predicted octanol–water partition coefficient (Wildman–Crippen LogP) is 4.49. The summed E-state index contributed by atoms with van der Waals surface area (Å²) in [6.07, 6.45) is -4.82. The highest BCUT2D eigenvalue weighted by Gasteiger charge is 2.38. The lowest BCUT2D eigenvalue weighted by Crippen LogP contribution is -2.28. The molecule has 0 atom stereocenters. The molecular formula is C16H15ClF3NO2S. The average molecular weight is 378 g/mol. The number of halogens is 4. The summed E-state index contributed by atoms with van der Waals surface area (Å²) in [4.78, 5) is -0.811. The standard InChI is InChI=1S/C16H15ClF3NO2S/c1-11-3-5-12(6-4-11)10-21(2)24(22,23)15-8-7-13(17)9-14(15)16(18,19)20/h3-9H,10H2,1-2H3. The van der Waals surface area contributed by atoms with E-state index < -0.39 is 26.7 Å². The van der Waals surface area contributed by atoms with Gasteiger partial charge in [0, 0.05) is 18.6 Å². The number of rotatable bonds is 4. The molecule has 0 spiro atoms. The van der Waals surface area contributed by atoms with Crippen LogP contribution in [0, 0.1) is 6.92 Å². The number of nitrogens with zero attached hydrogens (tertiary/aromatic N) is 1. The molecule has 3 nitrogen and oxygen atoms in total. The fourth-order valence-electron chi connectivity index (χ4n) is 2.15. The van der Waals surface area contributed by atoms with Crippen LogP contribution in [0.5, 0.6) is 0 Å². The number of sulfonamides is 1. The summed E-state index contributed by atoms with van der Waals surface area (Å²) >= 11 is 5.59. The van der Waals surface area contributed by atoms with E-state index in [-0.39, 0.29) is 11.6 Å². The second kappa shape index (κ2) is 6.74. The molecule has 0 radical (unpaired) electrons. The minimum atomic E-state index is -4.82. The van der Waals surface area contributed by atoms with Gasteiger partial charge in [0.05, 0.1) is 10.5 Å². The lowest BCUT2D eigenvalue weighted by molar-refractivity contribution is -0.139. The van der Waals surface area contributed by atoms with E-state index in [1.165, 1.54) is 7.05 Å². The first-order valence-corrected chi connectivity index (χ1v) is 8.72. The maximum atomic E-state index is 13.2. The predicted molar refractivity (Wildman–Crippen MR) is 86.3 cm³/mol. The number of aryl methyl sites for hydroxylation is 1. The number of benzene rings is 2. The summed E-state index contributed by atoms with van der Waals surface area (Å²) in [6.45, 7) is 1.84. The SMILES string of the molecule is Cc1ccc(CN(C)S(=O)(=O)c2ccc(Cl)cc2C(F)(F)F)cc1. The highest BCUT2D eigenvalue weighted by Crippen LogP contribution is 2.36. The molecule has 0 aliphatic heterocycles. The van der Waals surface area contributed by atoms with Crippen molar-refractivity contribution >= 4 is 21.6 Å². The van der Waals surface area contributed by atoms with E-state index >= 15 is 0 Å². The Labute approximate surface area is 143 Å². The van der Waals surface area contributed by atoms with Crippen molar-refractivity contribution in [2.45, 2.75) is 24.5 Å². The summed E-state index contributed by atoms with van der Waals surface area (Å²) < 4.78 is 65.5. The average Bonchev–Trinajstić information content (AvgIpc) is 2.48. The van der Waals surface area contributed by atoms with Gasteiger partial charge in [-0.05, 0) is 30.7 Å². The van der Waals surface area contributed by atoms with Gasteiger partial charge in [0.15, 0.2) is 0 Å². The van der Waals surface area contributed by atoms with Gasteiger partial charge in [-0.2, -0.15) is 17.5 Å². The highest BCUT2D eigenvalue weighted by atomic mass is 35.5. The molecule has 0 unspecified atom stereocenters. The summed E-state index contributed by atoms with van der Waals surface area (Å²) in [7, 11) is -3.08. The fraction of sp³-hybridized carbons (Fsp3) is 0.250. The Hall–Kier alpha value is -1.57. The third-order valence-corrected chi connectivity index (χ3v) is 5.56. The lowest BCUT2D eigenvalue weighted by Gasteiger charge is -2.20. The van der Waals surface area contributed by atoms with Gasteiger partial charge in [-0.3, -0.25) is 0 Å². The van der Waals surface area contributed by atoms with Crippen molar-refractivity contribution in [3.63, 3.8) is 0 Å². The molecule has 0 bridgehead atoms. The van der Waals surface area contributed by atoms with Crippen LogP contribution in [-0.4, -0.2) is 19.8 Å². The molecule has 8 heteroatoms. The molecule has 0 aliphatic rings. The minimum absolute atomic E-state index is 0.0391. The monoisotopic (exact) mass is 377 g/mol. The molecular weight excluding hydrogens is 363 g/mol. The zero-order valence-corrected chi connectivity index (χ0v) is 14.5. The smallest absolute Gasteiger partial charge is 0.207 e. The molecule has 0 N–H and O–H groups in total. The van der Waals surface area contributed by atoms with E-state index in [9.17, 15) is 21.6 Å². The Kier molecular flexibility index (Phi) is 5.27. The van der Waals surface area contributed by atoms with E-state index in [2.05, 4.69) is 0 Å². The van der Waals surface area contributed by atoms with E-state index in [1.54, 1.807) is 24.3 Å². The maximum absolute atomic E-state index is 13.2. The van der Waals surface area contributed by atoms with Gasteiger partial charge in [0.2, 0.25) is 10.0 Å². The molecule has 24 heavy (non-hydrogen) atoms. The quantitative estimate of drug-likeness (QED) is 0.787. The minimum Gasteiger partial charge on any atom is -0.207 e. The number of hydrogen-bond donors (Lipinski definition) is 0. The van der Waals surface area contributed by atoms with Crippen LogP contribution in [0.1, 0.15) is 16.7 Å². The molecule has 2 aromatic carbocycles. The lowest BCUT2D eigenvalue weighted by atomic mass is 10.1. The van der Waals surface area contributed by atoms with Gasteiger partial charge in [-0.25, -0.2) is 8.42 Å². The van der Waals surface area contributed by atoms with Crippen molar-refractivity contribution in [2.75, 3.05) is 7.05 Å². The molecule has 0 amide bonds. The van der Waals surface area contributed by atoms with E-state index in [1.807, 2.05) is 6.92 Å². The van der Waals surface area contributed by atoms with Crippen LogP contribution >= 0.6 is 11.6 Å². The van der Waals surface area contributed by atoms with E-state index in [0.29, 0.717) is 11.6 Å². The van der Waals surface area contributed by atoms with Crippen LogP contribution in [0.3, 0.4) is 0 Å². The summed E-state index contributed by atoms with van der Waals surface area (Å²) in [5, 5.41) is -0.178. The molecule has 130 valence electrons. The van der Waals surface area contributed by atoms with Crippen molar-refractivity contribution < 1.29 is 21.6 Å². The van der Waals surface area contributed by atoms with Crippen molar-refractivity contribution in [1.29, 1.82) is 0 Å². The molecule has 0 saturated heterocycles. The van der Waals surface area contributed by atoms with Gasteiger partial charge in [-0.1, -0.05) is 41.4 Å². The number of hydrogen-bond acceptors (Lipinski definition) is 2. The summed E-state index contributed by atoms with van der Waals surface area (Å²) in [5.74, 6) is 0. The third-order valence-electron chi connectivity index (χ3n) is 3.46. The van der Waals surface area contributed by atoms with Crippen molar-refractivity contribution in [2.24, 2.45) is 0 Å². The van der Waals surface area contributed by atoms with Gasteiger partial charge in [0.25, 0.3) is 0 Å². The molecule has 0 heterocycles. The van der Waals surface area contributed by atoms with Crippen LogP contribution in [0.25, 0.3) is 0 Å². The van der Waals surface area contributed by atoms with Gasteiger partial charge in [-0.15, -0.1) is 0 Å². The second-order valence-electron chi connectivity index (χ2n) is 5.38. The third kappa shape index (κ3) is 4.09. The summed E-state index contributed by atoms with van der Waals surface area (Å²) in [5.41, 5.74) is 0.404. The Morgan fingerprint density at radius 2 is 1.67 bits per heavy atom. The van der Waals surface area contributed by atoms with Gasteiger partial charge >= 0.3 is 6.18 Å². The van der Waals surface area contributed by atoms with Crippen LogP contribution in [0.2, 0.25) is 5.02 Å². The molecule has 0 aromatic heterocycles. The van der Waals surface area contributed by atoms with Crippen LogP contribution in [0.15, 0.2) is 47.4 Å². The molecule has 0 aliphatic carbocycles. The van der Waals surface area contributed by atoms with Crippen molar-refractivity contribution in [1.82, 2.24) is 4.31 Å². The molecule has 0 fully saturated rings. The Bertz CT molecular complexity index is 833. The zero-order chi connectivity index (χ0) is 18.1.